The van der Waals surface area contributed by atoms with Crippen LogP contribution in [0.15, 0.2) is 29.7 Å². The van der Waals surface area contributed by atoms with Gasteiger partial charge in [-0.25, -0.2) is 9.97 Å². The third-order valence-corrected chi connectivity index (χ3v) is 5.99. The lowest BCUT2D eigenvalue weighted by Crippen LogP contribution is -2.36. The second kappa shape index (κ2) is 7.78. The van der Waals surface area contributed by atoms with Gasteiger partial charge >= 0.3 is 0 Å². The summed E-state index contributed by atoms with van der Waals surface area (Å²) in [5, 5.41) is 0. The molecule has 0 aliphatic heterocycles. The van der Waals surface area contributed by atoms with E-state index in [-0.39, 0.29) is 5.92 Å². The van der Waals surface area contributed by atoms with Crippen LogP contribution in [0.2, 0.25) is 0 Å². The Balaban J connectivity index is 1.95. The van der Waals surface area contributed by atoms with Crippen molar-refractivity contribution in [1.82, 2.24) is 9.97 Å². The molecule has 1 heterocycles. The average Bonchev–Trinajstić information content (AvgIpc) is 3.14. The summed E-state index contributed by atoms with van der Waals surface area (Å²) in [6, 6.07) is 0. The first-order chi connectivity index (χ1) is 12.5. The lowest BCUT2D eigenvalue weighted by atomic mass is 9.78. The smallest absolute Gasteiger partial charge is 0.220 e. The zero-order valence-electron chi connectivity index (χ0n) is 16.4. The van der Waals surface area contributed by atoms with Gasteiger partial charge in [0.25, 0.3) is 0 Å². The van der Waals surface area contributed by atoms with Gasteiger partial charge in [-0.1, -0.05) is 25.7 Å². The molecule has 2 N–H and O–H groups in total. The Labute approximate surface area is 156 Å². The molecule has 1 aromatic rings. The summed E-state index contributed by atoms with van der Waals surface area (Å²) in [5.74, 6) is 1.94. The number of anilines is 1. The quantitative estimate of drug-likeness (QED) is 0.828. The molecule has 1 fully saturated rings. The number of nitrogen functional groups attached to an aromatic ring is 1. The van der Waals surface area contributed by atoms with Crippen LogP contribution in [0.3, 0.4) is 0 Å². The van der Waals surface area contributed by atoms with E-state index in [2.05, 4.69) is 29.0 Å². The van der Waals surface area contributed by atoms with E-state index in [0.717, 1.165) is 29.4 Å². The fourth-order valence-corrected chi connectivity index (χ4v) is 4.36. The first-order valence-corrected chi connectivity index (χ1v) is 9.59. The summed E-state index contributed by atoms with van der Waals surface area (Å²) in [6.07, 6.45) is 13.7. The van der Waals surface area contributed by atoms with E-state index >= 15 is 0 Å². The van der Waals surface area contributed by atoms with Gasteiger partial charge in [0.2, 0.25) is 5.95 Å². The van der Waals surface area contributed by atoms with Crippen molar-refractivity contribution in [3.8, 4) is 0 Å². The van der Waals surface area contributed by atoms with Gasteiger partial charge in [0.1, 0.15) is 5.76 Å². The van der Waals surface area contributed by atoms with Gasteiger partial charge in [-0.15, -0.1) is 0 Å². The molecule has 2 atom stereocenters. The van der Waals surface area contributed by atoms with Crippen molar-refractivity contribution >= 4 is 5.95 Å². The number of hydrogen-bond donors (Lipinski definition) is 1. The Bertz CT molecular complexity index is 707. The lowest BCUT2D eigenvalue weighted by Gasteiger charge is -2.36. The van der Waals surface area contributed by atoms with Crippen LogP contribution in [0, 0.1) is 5.92 Å². The Morgan fingerprint density at radius 2 is 2.00 bits per heavy atom. The maximum atomic E-state index is 5.95. The first kappa shape index (κ1) is 18.9. The van der Waals surface area contributed by atoms with Crippen LogP contribution in [0.1, 0.15) is 63.1 Å². The average molecular weight is 357 g/mol. The summed E-state index contributed by atoms with van der Waals surface area (Å²) in [5.41, 5.74) is 8.65. The summed E-state index contributed by atoms with van der Waals surface area (Å²) < 4.78 is 11.5. The highest BCUT2D eigenvalue weighted by atomic mass is 16.5. The maximum Gasteiger partial charge on any atom is 0.220 e. The molecule has 3 rings (SSSR count). The third kappa shape index (κ3) is 3.78. The molecule has 2 unspecified atom stereocenters. The highest BCUT2D eigenvalue weighted by molar-refractivity contribution is 5.43. The van der Waals surface area contributed by atoms with Crippen LogP contribution in [-0.4, -0.2) is 29.8 Å². The van der Waals surface area contributed by atoms with Gasteiger partial charge in [-0.2, -0.15) is 0 Å². The largest absolute Gasteiger partial charge is 0.497 e. The Morgan fingerprint density at radius 1 is 1.27 bits per heavy atom. The summed E-state index contributed by atoms with van der Waals surface area (Å²) >= 11 is 0. The molecule has 1 aromatic heterocycles. The number of nitrogens with zero attached hydrogens (tertiary/aromatic N) is 2. The molecule has 0 saturated heterocycles. The van der Waals surface area contributed by atoms with Gasteiger partial charge in [0, 0.05) is 13.3 Å². The summed E-state index contributed by atoms with van der Waals surface area (Å²) in [6.45, 7) is 4.13. The maximum absolute atomic E-state index is 5.95. The van der Waals surface area contributed by atoms with E-state index in [0.29, 0.717) is 5.95 Å². The SMILES string of the molecule is COC1=CC(c2nc(N)ncc2CCC2CCCC2)C(C)(OC)C=C1C. The van der Waals surface area contributed by atoms with Gasteiger partial charge in [-0.05, 0) is 55.9 Å². The topological polar surface area (TPSA) is 70.3 Å². The van der Waals surface area contributed by atoms with Crippen LogP contribution < -0.4 is 5.73 Å². The second-order valence-corrected chi connectivity index (χ2v) is 7.76. The fraction of sp³-hybridized carbons (Fsp3) is 0.619. The van der Waals surface area contributed by atoms with Crippen LogP contribution in [0.25, 0.3) is 0 Å². The zero-order valence-corrected chi connectivity index (χ0v) is 16.4. The van der Waals surface area contributed by atoms with Crippen molar-refractivity contribution < 1.29 is 9.47 Å². The van der Waals surface area contributed by atoms with Crippen LogP contribution in [-0.2, 0) is 15.9 Å². The van der Waals surface area contributed by atoms with Crippen molar-refractivity contribution in [2.45, 2.75) is 63.9 Å². The van der Waals surface area contributed by atoms with Crippen LogP contribution >= 0.6 is 0 Å². The Hall–Kier alpha value is -1.88. The van der Waals surface area contributed by atoms with Gasteiger partial charge in [0.15, 0.2) is 0 Å². The van der Waals surface area contributed by atoms with Crippen LogP contribution in [0.4, 0.5) is 5.95 Å². The minimum Gasteiger partial charge on any atom is -0.497 e. The monoisotopic (exact) mass is 357 g/mol. The van der Waals surface area contributed by atoms with E-state index in [9.17, 15) is 0 Å². The number of aryl methyl sites for hydroxylation is 1. The van der Waals surface area contributed by atoms with Crippen molar-refractivity contribution in [3.63, 3.8) is 0 Å². The molecule has 0 amide bonds. The van der Waals surface area contributed by atoms with Crippen molar-refractivity contribution in [2.24, 2.45) is 5.92 Å². The third-order valence-electron chi connectivity index (χ3n) is 5.99. The van der Waals surface area contributed by atoms with Crippen molar-refractivity contribution in [1.29, 1.82) is 0 Å². The Morgan fingerprint density at radius 3 is 2.65 bits per heavy atom. The number of methoxy groups -OCH3 is 2. The number of rotatable bonds is 6. The van der Waals surface area contributed by atoms with E-state index in [4.69, 9.17) is 15.2 Å². The molecule has 0 spiro atoms. The minimum atomic E-state index is -0.491. The molecule has 5 heteroatoms. The van der Waals surface area contributed by atoms with E-state index < -0.39 is 5.60 Å². The first-order valence-electron chi connectivity index (χ1n) is 9.59. The number of allylic oxidation sites excluding steroid dienone is 1. The molecular formula is C21H31N3O2. The van der Waals surface area contributed by atoms with Crippen LogP contribution in [0.5, 0.6) is 0 Å². The predicted octanol–water partition coefficient (Wildman–Crippen LogP) is 4.16. The van der Waals surface area contributed by atoms with Gasteiger partial charge in [-0.3, -0.25) is 0 Å². The summed E-state index contributed by atoms with van der Waals surface area (Å²) in [4.78, 5) is 8.90. The van der Waals surface area contributed by atoms with Gasteiger partial charge in [0.05, 0.1) is 24.3 Å². The molecule has 5 nitrogen and oxygen atoms in total. The summed E-state index contributed by atoms with van der Waals surface area (Å²) in [7, 11) is 3.44. The molecule has 0 radical (unpaired) electrons. The molecule has 1 saturated carbocycles. The molecule has 26 heavy (non-hydrogen) atoms. The number of aromatic nitrogens is 2. The zero-order chi connectivity index (χ0) is 18.7. The molecule has 0 aromatic carbocycles. The van der Waals surface area contributed by atoms with Crippen molar-refractivity contribution in [2.75, 3.05) is 20.0 Å². The highest BCUT2D eigenvalue weighted by Gasteiger charge is 2.38. The number of hydrogen-bond acceptors (Lipinski definition) is 5. The molecular weight excluding hydrogens is 326 g/mol. The second-order valence-electron chi connectivity index (χ2n) is 7.76. The standard InChI is InChI=1S/C21H31N3O2/c1-14-12-21(2,26-4)17(11-18(14)25-3)19-16(13-23-20(22)24-19)10-9-15-7-5-6-8-15/h11-13,15,17H,5-10H2,1-4H3,(H2,22,23,24). The van der Waals surface area contributed by atoms with E-state index in [1.807, 2.05) is 13.1 Å². The number of ether oxygens (including phenoxy) is 2. The Kier molecular flexibility index (Phi) is 5.66. The van der Waals surface area contributed by atoms with E-state index in [1.54, 1.807) is 14.2 Å². The van der Waals surface area contributed by atoms with E-state index in [1.165, 1.54) is 37.7 Å². The minimum absolute atomic E-state index is 0.0602. The van der Waals surface area contributed by atoms with Gasteiger partial charge < -0.3 is 15.2 Å². The highest BCUT2D eigenvalue weighted by Crippen LogP contribution is 2.41. The molecule has 0 bridgehead atoms. The molecule has 2 aliphatic carbocycles. The normalized spacial score (nSPS) is 26.5. The molecule has 142 valence electrons. The lowest BCUT2D eigenvalue weighted by molar-refractivity contribution is 0.0311. The fourth-order valence-electron chi connectivity index (χ4n) is 4.36. The molecule has 2 aliphatic rings. The predicted molar refractivity (Wildman–Crippen MR) is 104 cm³/mol. The van der Waals surface area contributed by atoms with Crippen molar-refractivity contribution in [3.05, 3.63) is 40.9 Å². The number of nitrogens with two attached hydrogens (primary N) is 1.